The van der Waals surface area contributed by atoms with Gasteiger partial charge in [0.15, 0.2) is 0 Å². The molecule has 0 aromatic heterocycles. The third-order valence-electron chi connectivity index (χ3n) is 3.03. The molecule has 0 spiro atoms. The van der Waals surface area contributed by atoms with Crippen LogP contribution in [0.1, 0.15) is 0 Å². The van der Waals surface area contributed by atoms with E-state index in [1.807, 2.05) is 24.3 Å². The molecular weight excluding hydrogens is 278 g/mol. The lowest BCUT2D eigenvalue weighted by molar-refractivity contribution is 0.396. The third kappa shape index (κ3) is 2.47. The lowest BCUT2D eigenvalue weighted by atomic mass is 10.0. The molecule has 0 heterocycles. The molecule has 106 valence electrons. The van der Waals surface area contributed by atoms with E-state index in [0.717, 1.165) is 11.1 Å². The lowest BCUT2D eigenvalue weighted by Gasteiger charge is -2.14. The smallest absolute Gasteiger partial charge is 0.149 e. The topological polar surface area (TPSA) is 53.7 Å². The van der Waals surface area contributed by atoms with Crippen LogP contribution in [-0.2, 0) is 0 Å². The quantitative estimate of drug-likeness (QED) is 0.875. The second-order valence-electron chi connectivity index (χ2n) is 4.12. The van der Waals surface area contributed by atoms with Gasteiger partial charge in [-0.25, -0.2) is 0 Å². The number of nitrogens with two attached hydrogens (primary N) is 1. The second kappa shape index (κ2) is 5.92. The molecule has 2 N–H and O–H groups in total. The molecule has 0 aliphatic carbocycles. The highest BCUT2D eigenvalue weighted by atomic mass is 35.5. The first kappa shape index (κ1) is 14.3. The molecule has 0 aliphatic rings. The molecule has 0 unspecified atom stereocenters. The van der Waals surface area contributed by atoms with Crippen molar-refractivity contribution in [1.82, 2.24) is 0 Å². The van der Waals surface area contributed by atoms with Gasteiger partial charge in [-0.1, -0.05) is 17.7 Å². The average Bonchev–Trinajstić information content (AvgIpc) is 2.46. The molecule has 0 fully saturated rings. The van der Waals surface area contributed by atoms with Crippen molar-refractivity contribution < 1.29 is 14.2 Å². The van der Waals surface area contributed by atoms with Gasteiger partial charge in [0.25, 0.3) is 0 Å². The first-order valence-corrected chi connectivity index (χ1v) is 6.34. The van der Waals surface area contributed by atoms with Gasteiger partial charge in [0.2, 0.25) is 0 Å². The van der Waals surface area contributed by atoms with Crippen LogP contribution >= 0.6 is 11.6 Å². The zero-order chi connectivity index (χ0) is 14.7. The normalized spacial score (nSPS) is 10.2. The van der Waals surface area contributed by atoms with Crippen LogP contribution in [-0.4, -0.2) is 21.3 Å². The van der Waals surface area contributed by atoms with E-state index in [4.69, 9.17) is 31.5 Å². The summed E-state index contributed by atoms with van der Waals surface area (Å²) in [6, 6.07) is 9.20. The molecule has 5 heteroatoms. The molecule has 0 saturated carbocycles. The van der Waals surface area contributed by atoms with E-state index in [9.17, 15) is 0 Å². The van der Waals surface area contributed by atoms with E-state index in [0.29, 0.717) is 28.0 Å². The van der Waals surface area contributed by atoms with Crippen molar-refractivity contribution in [2.75, 3.05) is 27.1 Å². The van der Waals surface area contributed by atoms with Crippen LogP contribution < -0.4 is 19.9 Å². The molecule has 2 rings (SSSR count). The van der Waals surface area contributed by atoms with Crippen molar-refractivity contribution in [1.29, 1.82) is 0 Å². The van der Waals surface area contributed by atoms with Crippen molar-refractivity contribution >= 4 is 17.3 Å². The van der Waals surface area contributed by atoms with Crippen molar-refractivity contribution in [3.8, 4) is 28.4 Å². The molecule has 2 aromatic rings. The summed E-state index contributed by atoms with van der Waals surface area (Å²) < 4.78 is 15.7. The van der Waals surface area contributed by atoms with Crippen LogP contribution in [0.15, 0.2) is 30.3 Å². The van der Waals surface area contributed by atoms with Crippen molar-refractivity contribution in [3.05, 3.63) is 35.4 Å². The maximum Gasteiger partial charge on any atom is 0.149 e. The molecule has 0 amide bonds. The Balaban J connectivity index is 2.58. The first-order chi connectivity index (χ1) is 9.62. The predicted octanol–water partition coefficient (Wildman–Crippen LogP) is 3.62. The Hall–Kier alpha value is -2.07. The third-order valence-corrected chi connectivity index (χ3v) is 3.38. The maximum atomic E-state index is 6.26. The van der Waals surface area contributed by atoms with Gasteiger partial charge in [0, 0.05) is 5.56 Å². The molecule has 0 atom stereocenters. The summed E-state index contributed by atoms with van der Waals surface area (Å²) in [5.41, 5.74) is 8.22. The van der Waals surface area contributed by atoms with Gasteiger partial charge in [-0.3, -0.25) is 0 Å². The average molecular weight is 294 g/mol. The van der Waals surface area contributed by atoms with Gasteiger partial charge < -0.3 is 19.9 Å². The van der Waals surface area contributed by atoms with Crippen molar-refractivity contribution in [2.24, 2.45) is 0 Å². The summed E-state index contributed by atoms with van der Waals surface area (Å²) in [7, 11) is 4.71. The van der Waals surface area contributed by atoms with Crippen LogP contribution in [0.2, 0.25) is 5.02 Å². The summed E-state index contributed by atoms with van der Waals surface area (Å²) in [5.74, 6) is 1.75. The summed E-state index contributed by atoms with van der Waals surface area (Å²) in [4.78, 5) is 0. The Bertz CT molecular complexity index is 629. The monoisotopic (exact) mass is 293 g/mol. The fourth-order valence-corrected chi connectivity index (χ4v) is 2.34. The number of hydrogen-bond acceptors (Lipinski definition) is 4. The Morgan fingerprint density at radius 2 is 1.55 bits per heavy atom. The van der Waals surface area contributed by atoms with Gasteiger partial charge >= 0.3 is 0 Å². The minimum Gasteiger partial charge on any atom is -0.495 e. The molecule has 0 aliphatic heterocycles. The standard InChI is InChI=1S/C15H16ClNO3/c1-18-12-6-4-9(8-11(12)17)10-5-7-13(19-2)14(16)15(10)20-3/h4-8H,17H2,1-3H3. The van der Waals surface area contributed by atoms with Crippen LogP contribution in [0, 0.1) is 0 Å². The molecular formula is C15H16ClNO3. The number of hydrogen-bond donors (Lipinski definition) is 1. The predicted molar refractivity (Wildman–Crippen MR) is 81.0 cm³/mol. The van der Waals surface area contributed by atoms with Gasteiger partial charge in [-0.2, -0.15) is 0 Å². The number of rotatable bonds is 4. The number of benzene rings is 2. The number of methoxy groups -OCH3 is 3. The van der Waals surface area contributed by atoms with E-state index in [1.165, 1.54) is 0 Å². The van der Waals surface area contributed by atoms with E-state index in [2.05, 4.69) is 0 Å². The van der Waals surface area contributed by atoms with Crippen LogP contribution in [0.3, 0.4) is 0 Å². The van der Waals surface area contributed by atoms with Gasteiger partial charge in [-0.15, -0.1) is 0 Å². The second-order valence-corrected chi connectivity index (χ2v) is 4.50. The van der Waals surface area contributed by atoms with E-state index in [-0.39, 0.29) is 0 Å². The fourth-order valence-electron chi connectivity index (χ4n) is 2.02. The van der Waals surface area contributed by atoms with E-state index < -0.39 is 0 Å². The number of nitrogen functional groups attached to an aromatic ring is 1. The number of halogens is 1. The zero-order valence-corrected chi connectivity index (χ0v) is 12.3. The van der Waals surface area contributed by atoms with Crippen LogP contribution in [0.25, 0.3) is 11.1 Å². The fraction of sp³-hybridized carbons (Fsp3) is 0.200. The minimum absolute atomic E-state index is 0.432. The molecule has 20 heavy (non-hydrogen) atoms. The lowest BCUT2D eigenvalue weighted by Crippen LogP contribution is -1.95. The number of anilines is 1. The maximum absolute atomic E-state index is 6.26. The molecule has 2 aromatic carbocycles. The molecule has 0 radical (unpaired) electrons. The summed E-state index contributed by atoms with van der Waals surface area (Å²) >= 11 is 6.26. The van der Waals surface area contributed by atoms with Gasteiger partial charge in [-0.05, 0) is 29.8 Å². The van der Waals surface area contributed by atoms with Crippen LogP contribution in [0.4, 0.5) is 5.69 Å². The Kier molecular flexibility index (Phi) is 4.25. The van der Waals surface area contributed by atoms with E-state index in [1.54, 1.807) is 27.4 Å². The van der Waals surface area contributed by atoms with Gasteiger partial charge in [0.1, 0.15) is 22.3 Å². The zero-order valence-electron chi connectivity index (χ0n) is 11.6. The Morgan fingerprint density at radius 1 is 0.900 bits per heavy atom. The Labute approximate surface area is 123 Å². The summed E-state index contributed by atoms with van der Waals surface area (Å²) in [6.45, 7) is 0. The van der Waals surface area contributed by atoms with Gasteiger partial charge in [0.05, 0.1) is 27.0 Å². The minimum atomic E-state index is 0.432. The molecule has 0 saturated heterocycles. The number of ether oxygens (including phenoxy) is 3. The highest BCUT2D eigenvalue weighted by molar-refractivity contribution is 6.34. The molecule has 0 bridgehead atoms. The molecule has 4 nitrogen and oxygen atoms in total. The SMILES string of the molecule is COc1ccc(-c2ccc(OC)c(Cl)c2OC)cc1N. The van der Waals surface area contributed by atoms with E-state index >= 15 is 0 Å². The van der Waals surface area contributed by atoms with Crippen LogP contribution in [0.5, 0.6) is 17.2 Å². The highest BCUT2D eigenvalue weighted by Gasteiger charge is 2.15. The summed E-state index contributed by atoms with van der Waals surface area (Å²) in [6.07, 6.45) is 0. The van der Waals surface area contributed by atoms with Crippen molar-refractivity contribution in [3.63, 3.8) is 0 Å². The highest BCUT2D eigenvalue weighted by Crippen LogP contribution is 2.42. The largest absolute Gasteiger partial charge is 0.495 e. The van der Waals surface area contributed by atoms with Crippen molar-refractivity contribution in [2.45, 2.75) is 0 Å². The summed E-state index contributed by atoms with van der Waals surface area (Å²) in [5, 5.41) is 0.432. The first-order valence-electron chi connectivity index (χ1n) is 5.96. The Morgan fingerprint density at radius 3 is 2.10 bits per heavy atom.